The standard InChI is InChI=1S/C23H27Cl2N5O2S/c1-30(2)16-22(33(31,32)20-11-7-18(25)8-12-20)29-21-4-3-13-27-23(21)28-15-14-26-19-9-5-17(24)6-10-19/h3-13,22,26,29H,14-16H2,1-2H3,(H,27,28). The molecule has 1 atom stereocenters. The molecular weight excluding hydrogens is 481 g/mol. The maximum Gasteiger partial charge on any atom is 0.200 e. The maximum absolute atomic E-state index is 13.3. The van der Waals surface area contributed by atoms with Crippen LogP contribution in [0.5, 0.6) is 0 Å². The van der Waals surface area contributed by atoms with E-state index in [0.717, 1.165) is 5.69 Å². The van der Waals surface area contributed by atoms with Crippen molar-refractivity contribution >= 4 is 50.2 Å². The molecule has 33 heavy (non-hydrogen) atoms. The zero-order chi connectivity index (χ0) is 23.8. The van der Waals surface area contributed by atoms with E-state index in [1.165, 1.54) is 12.1 Å². The molecular formula is C23H27Cl2N5O2S. The highest BCUT2D eigenvalue weighted by molar-refractivity contribution is 7.92. The molecule has 0 saturated heterocycles. The maximum atomic E-state index is 13.3. The van der Waals surface area contributed by atoms with Crippen LogP contribution < -0.4 is 16.0 Å². The van der Waals surface area contributed by atoms with Gasteiger partial charge in [-0.15, -0.1) is 0 Å². The van der Waals surface area contributed by atoms with Gasteiger partial charge in [-0.3, -0.25) is 0 Å². The fraction of sp³-hybridized carbons (Fsp3) is 0.261. The van der Waals surface area contributed by atoms with Crippen LogP contribution in [-0.4, -0.2) is 57.4 Å². The van der Waals surface area contributed by atoms with Crippen LogP contribution in [0.2, 0.25) is 10.0 Å². The van der Waals surface area contributed by atoms with Gasteiger partial charge in [-0.25, -0.2) is 13.4 Å². The van der Waals surface area contributed by atoms with E-state index < -0.39 is 15.2 Å². The zero-order valence-electron chi connectivity index (χ0n) is 18.4. The number of hydrogen-bond donors (Lipinski definition) is 3. The number of likely N-dealkylation sites (N-methyl/N-ethyl adjacent to an activating group) is 1. The molecule has 0 spiro atoms. The number of benzene rings is 2. The van der Waals surface area contributed by atoms with Crippen molar-refractivity contribution in [2.75, 3.05) is 49.7 Å². The van der Waals surface area contributed by atoms with Crippen LogP contribution in [0.25, 0.3) is 0 Å². The fourth-order valence-electron chi connectivity index (χ4n) is 3.13. The Morgan fingerprint density at radius 3 is 2.15 bits per heavy atom. The summed E-state index contributed by atoms with van der Waals surface area (Å²) in [6, 6.07) is 17.2. The molecule has 0 aliphatic heterocycles. The molecule has 7 nitrogen and oxygen atoms in total. The molecule has 0 aliphatic rings. The molecule has 2 aromatic carbocycles. The van der Waals surface area contributed by atoms with Crippen LogP contribution in [0, 0.1) is 0 Å². The van der Waals surface area contributed by atoms with Crippen LogP contribution in [-0.2, 0) is 9.84 Å². The van der Waals surface area contributed by atoms with Gasteiger partial charge in [0.1, 0.15) is 11.2 Å². The summed E-state index contributed by atoms with van der Waals surface area (Å²) in [6.07, 6.45) is 1.66. The van der Waals surface area contributed by atoms with Gasteiger partial charge in [0.2, 0.25) is 0 Å². The van der Waals surface area contributed by atoms with E-state index in [9.17, 15) is 8.42 Å². The smallest absolute Gasteiger partial charge is 0.200 e. The quantitative estimate of drug-likeness (QED) is 0.324. The predicted octanol–water partition coefficient (Wildman–Crippen LogP) is 4.69. The highest BCUT2D eigenvalue weighted by atomic mass is 35.5. The third kappa shape index (κ3) is 7.23. The van der Waals surface area contributed by atoms with Gasteiger partial charge in [0.25, 0.3) is 0 Å². The number of nitrogens with one attached hydrogen (secondary N) is 3. The third-order valence-corrected chi connectivity index (χ3v) is 7.21. The minimum absolute atomic E-state index is 0.205. The lowest BCUT2D eigenvalue weighted by atomic mass is 10.3. The van der Waals surface area contributed by atoms with Crippen molar-refractivity contribution in [2.24, 2.45) is 0 Å². The normalized spacial score (nSPS) is 12.4. The second-order valence-electron chi connectivity index (χ2n) is 7.65. The molecule has 3 aromatic rings. The van der Waals surface area contributed by atoms with Crippen LogP contribution in [0.4, 0.5) is 17.2 Å². The van der Waals surface area contributed by atoms with Gasteiger partial charge in [0, 0.05) is 41.6 Å². The van der Waals surface area contributed by atoms with Crippen LogP contribution >= 0.6 is 23.2 Å². The first-order chi connectivity index (χ1) is 15.8. The van der Waals surface area contributed by atoms with Gasteiger partial charge in [-0.05, 0) is 74.8 Å². The predicted molar refractivity (Wildman–Crippen MR) is 137 cm³/mol. The van der Waals surface area contributed by atoms with Crippen LogP contribution in [0.15, 0.2) is 71.8 Å². The van der Waals surface area contributed by atoms with Crippen LogP contribution in [0.3, 0.4) is 0 Å². The number of hydrogen-bond acceptors (Lipinski definition) is 7. The Hall–Kier alpha value is -2.52. The number of pyridine rings is 1. The van der Waals surface area contributed by atoms with Crippen molar-refractivity contribution in [1.29, 1.82) is 0 Å². The molecule has 1 unspecified atom stereocenters. The van der Waals surface area contributed by atoms with Gasteiger partial charge in [0.05, 0.1) is 10.6 Å². The number of anilines is 3. The topological polar surface area (TPSA) is 86.4 Å². The van der Waals surface area contributed by atoms with Crippen molar-refractivity contribution in [2.45, 2.75) is 10.3 Å². The summed E-state index contributed by atoms with van der Waals surface area (Å²) in [7, 11) is -0.0222. The first-order valence-electron chi connectivity index (χ1n) is 10.3. The van der Waals surface area contributed by atoms with Gasteiger partial charge in [-0.2, -0.15) is 0 Å². The van der Waals surface area contributed by atoms with E-state index in [-0.39, 0.29) is 11.4 Å². The van der Waals surface area contributed by atoms with Crippen LogP contribution in [0.1, 0.15) is 0 Å². The first kappa shape index (κ1) is 25.1. The molecule has 0 aliphatic carbocycles. The molecule has 3 N–H and O–H groups in total. The Morgan fingerprint density at radius 1 is 0.909 bits per heavy atom. The Labute approximate surface area is 205 Å². The fourth-order valence-corrected chi connectivity index (χ4v) is 5.01. The highest BCUT2D eigenvalue weighted by Gasteiger charge is 2.29. The summed E-state index contributed by atoms with van der Waals surface area (Å²) in [5.74, 6) is 0.575. The number of aromatic nitrogens is 1. The summed E-state index contributed by atoms with van der Waals surface area (Å²) in [4.78, 5) is 6.42. The van der Waals surface area contributed by atoms with Crippen molar-refractivity contribution in [3.8, 4) is 0 Å². The SMILES string of the molecule is CN(C)CC(Nc1cccnc1NCCNc1ccc(Cl)cc1)S(=O)(=O)c1ccc(Cl)cc1. The summed E-state index contributed by atoms with van der Waals surface area (Å²) in [5.41, 5.74) is 1.56. The van der Waals surface area contributed by atoms with Gasteiger partial charge < -0.3 is 20.9 Å². The van der Waals surface area contributed by atoms with Gasteiger partial charge in [0.15, 0.2) is 9.84 Å². The van der Waals surface area contributed by atoms with E-state index in [1.807, 2.05) is 49.3 Å². The summed E-state index contributed by atoms with van der Waals surface area (Å²) >= 11 is 11.9. The van der Waals surface area contributed by atoms with Gasteiger partial charge in [-0.1, -0.05) is 23.2 Å². The molecule has 0 saturated carbocycles. The van der Waals surface area contributed by atoms with Crippen molar-refractivity contribution < 1.29 is 8.42 Å². The largest absolute Gasteiger partial charge is 0.383 e. The highest BCUT2D eigenvalue weighted by Crippen LogP contribution is 2.24. The van der Waals surface area contributed by atoms with E-state index in [2.05, 4.69) is 20.9 Å². The molecule has 1 heterocycles. The molecule has 0 bridgehead atoms. The number of nitrogens with zero attached hydrogens (tertiary/aromatic N) is 2. The summed E-state index contributed by atoms with van der Waals surface area (Å²) < 4.78 is 26.7. The van der Waals surface area contributed by atoms with E-state index in [1.54, 1.807) is 24.4 Å². The van der Waals surface area contributed by atoms with Crippen molar-refractivity contribution in [3.63, 3.8) is 0 Å². The molecule has 0 radical (unpaired) electrons. The summed E-state index contributed by atoms with van der Waals surface area (Å²) in [6.45, 7) is 1.50. The Kier molecular flexibility index (Phi) is 8.80. The molecule has 0 amide bonds. The zero-order valence-corrected chi connectivity index (χ0v) is 20.8. The third-order valence-electron chi connectivity index (χ3n) is 4.76. The van der Waals surface area contributed by atoms with E-state index in [4.69, 9.17) is 23.2 Å². The Morgan fingerprint density at radius 2 is 1.52 bits per heavy atom. The van der Waals surface area contributed by atoms with E-state index >= 15 is 0 Å². The number of sulfone groups is 1. The second kappa shape index (κ2) is 11.6. The van der Waals surface area contributed by atoms with Crippen molar-refractivity contribution in [1.82, 2.24) is 9.88 Å². The number of halogens is 2. The lowest BCUT2D eigenvalue weighted by molar-refractivity contribution is 0.408. The second-order valence-corrected chi connectivity index (χ2v) is 10.7. The van der Waals surface area contributed by atoms with E-state index in [0.29, 0.717) is 34.6 Å². The first-order valence-corrected chi connectivity index (χ1v) is 12.6. The lowest BCUT2D eigenvalue weighted by Crippen LogP contribution is -2.39. The Balaban J connectivity index is 1.71. The number of rotatable bonds is 11. The molecule has 176 valence electrons. The lowest BCUT2D eigenvalue weighted by Gasteiger charge is -2.24. The molecule has 3 rings (SSSR count). The molecule has 1 aromatic heterocycles. The van der Waals surface area contributed by atoms with Gasteiger partial charge >= 0.3 is 0 Å². The minimum Gasteiger partial charge on any atom is -0.383 e. The average Bonchev–Trinajstić information content (AvgIpc) is 2.78. The Bertz CT molecular complexity index is 1140. The molecule has 10 heteroatoms. The average molecular weight is 508 g/mol. The minimum atomic E-state index is -3.68. The monoisotopic (exact) mass is 507 g/mol. The summed E-state index contributed by atoms with van der Waals surface area (Å²) in [5, 5.41) is 10.0. The molecule has 0 fully saturated rings. The van der Waals surface area contributed by atoms with Crippen molar-refractivity contribution in [3.05, 3.63) is 76.9 Å².